The van der Waals surface area contributed by atoms with Crippen LogP contribution < -0.4 is 11.1 Å². The smallest absolute Gasteiger partial charge is 0.217 e. The van der Waals surface area contributed by atoms with Crippen LogP contribution in [0.4, 0.5) is 0 Å². The number of carbonyl (C=O) groups excluding carboxylic acids is 1. The zero-order chi connectivity index (χ0) is 12.8. The van der Waals surface area contributed by atoms with Gasteiger partial charge in [-0.1, -0.05) is 0 Å². The number of aryl methyl sites for hydroxylation is 2. The quantitative estimate of drug-likeness (QED) is 0.733. The van der Waals surface area contributed by atoms with Crippen LogP contribution in [0, 0.1) is 13.8 Å². The van der Waals surface area contributed by atoms with Crippen molar-refractivity contribution in [1.82, 2.24) is 10.3 Å². The van der Waals surface area contributed by atoms with Crippen molar-refractivity contribution in [3.63, 3.8) is 0 Å². The average molecular weight is 255 g/mol. The maximum atomic E-state index is 10.6. The Morgan fingerprint density at radius 2 is 2.18 bits per heavy atom. The first-order valence-electron chi connectivity index (χ1n) is 5.96. The highest BCUT2D eigenvalue weighted by molar-refractivity contribution is 7.11. The minimum Gasteiger partial charge on any atom is -0.370 e. The lowest BCUT2D eigenvalue weighted by Crippen LogP contribution is -2.20. The number of rotatable bonds is 7. The van der Waals surface area contributed by atoms with E-state index in [9.17, 15) is 4.79 Å². The van der Waals surface area contributed by atoms with Crippen LogP contribution in [0.3, 0.4) is 0 Å². The standard InChI is InChI=1S/C12H21N3OS/c1-8(12-9(2)15-10(3)17-12)14-7-5-4-6-11(13)16/h8,14H,4-7H2,1-3H3,(H2,13,16). The third-order valence-electron chi connectivity index (χ3n) is 2.63. The summed E-state index contributed by atoms with van der Waals surface area (Å²) in [7, 11) is 0. The number of nitrogens with zero attached hydrogens (tertiary/aromatic N) is 1. The predicted octanol–water partition coefficient (Wildman–Crippen LogP) is 2.07. The molecule has 1 aromatic rings. The number of amides is 1. The summed E-state index contributed by atoms with van der Waals surface area (Å²) in [5.41, 5.74) is 6.20. The van der Waals surface area contributed by atoms with Crippen LogP contribution in [0.15, 0.2) is 0 Å². The lowest BCUT2D eigenvalue weighted by molar-refractivity contribution is -0.118. The van der Waals surface area contributed by atoms with Crippen molar-refractivity contribution in [2.45, 2.75) is 46.1 Å². The SMILES string of the molecule is Cc1nc(C)c(C(C)NCCCCC(N)=O)s1. The molecular weight excluding hydrogens is 234 g/mol. The van der Waals surface area contributed by atoms with E-state index in [1.54, 1.807) is 11.3 Å². The molecule has 0 fully saturated rings. The fourth-order valence-electron chi connectivity index (χ4n) is 1.78. The molecule has 96 valence electrons. The lowest BCUT2D eigenvalue weighted by atomic mass is 10.2. The van der Waals surface area contributed by atoms with Crippen LogP contribution in [0.25, 0.3) is 0 Å². The molecule has 0 aliphatic heterocycles. The fourth-order valence-corrected chi connectivity index (χ4v) is 2.74. The Morgan fingerprint density at radius 1 is 1.47 bits per heavy atom. The summed E-state index contributed by atoms with van der Waals surface area (Å²) in [6.45, 7) is 7.13. The molecule has 0 spiro atoms. The maximum absolute atomic E-state index is 10.6. The Labute approximate surface area is 107 Å². The van der Waals surface area contributed by atoms with Crippen LogP contribution in [0.2, 0.25) is 0 Å². The van der Waals surface area contributed by atoms with E-state index in [0.29, 0.717) is 12.5 Å². The molecule has 1 amide bonds. The fraction of sp³-hybridized carbons (Fsp3) is 0.667. The number of hydrogen-bond donors (Lipinski definition) is 2. The highest BCUT2D eigenvalue weighted by atomic mass is 32.1. The van der Waals surface area contributed by atoms with Gasteiger partial charge in [0.15, 0.2) is 0 Å². The molecule has 3 N–H and O–H groups in total. The highest BCUT2D eigenvalue weighted by Crippen LogP contribution is 2.24. The van der Waals surface area contributed by atoms with E-state index < -0.39 is 0 Å². The summed E-state index contributed by atoms with van der Waals surface area (Å²) in [6, 6.07) is 0.328. The van der Waals surface area contributed by atoms with Gasteiger partial charge in [-0.15, -0.1) is 11.3 Å². The molecule has 5 heteroatoms. The van der Waals surface area contributed by atoms with Crippen LogP contribution in [0.1, 0.15) is 47.8 Å². The molecule has 1 unspecified atom stereocenters. The van der Waals surface area contributed by atoms with E-state index in [0.717, 1.165) is 30.1 Å². The zero-order valence-corrected chi connectivity index (χ0v) is 11.6. The molecule has 0 saturated carbocycles. The molecule has 1 atom stereocenters. The molecular formula is C12H21N3OS. The minimum absolute atomic E-state index is 0.216. The molecule has 1 aromatic heterocycles. The van der Waals surface area contributed by atoms with Gasteiger partial charge in [-0.2, -0.15) is 0 Å². The van der Waals surface area contributed by atoms with E-state index in [1.165, 1.54) is 4.88 Å². The number of nitrogens with two attached hydrogens (primary N) is 1. The van der Waals surface area contributed by atoms with Crippen LogP contribution >= 0.6 is 11.3 Å². The third-order valence-corrected chi connectivity index (χ3v) is 3.89. The second kappa shape index (κ2) is 6.71. The summed E-state index contributed by atoms with van der Waals surface area (Å²) in [6.07, 6.45) is 2.31. The van der Waals surface area contributed by atoms with Crippen molar-refractivity contribution in [2.24, 2.45) is 5.73 Å². The molecule has 0 radical (unpaired) electrons. The van der Waals surface area contributed by atoms with Gasteiger partial charge in [-0.25, -0.2) is 4.98 Å². The molecule has 0 saturated heterocycles. The summed E-state index contributed by atoms with van der Waals surface area (Å²) in [4.78, 5) is 16.3. The molecule has 0 aliphatic carbocycles. The molecule has 1 rings (SSSR count). The van der Waals surface area contributed by atoms with Gasteiger partial charge in [0.1, 0.15) is 0 Å². The van der Waals surface area contributed by atoms with Gasteiger partial charge in [0.05, 0.1) is 10.7 Å². The first-order chi connectivity index (χ1) is 8.00. The number of aromatic nitrogens is 1. The number of unbranched alkanes of at least 4 members (excludes halogenated alkanes) is 1. The monoisotopic (exact) mass is 255 g/mol. The predicted molar refractivity (Wildman–Crippen MR) is 71.1 cm³/mol. The Bertz CT molecular complexity index is 376. The van der Waals surface area contributed by atoms with Crippen molar-refractivity contribution in [3.05, 3.63) is 15.6 Å². The van der Waals surface area contributed by atoms with Gasteiger partial charge in [0, 0.05) is 17.3 Å². The third kappa shape index (κ3) is 4.83. The van der Waals surface area contributed by atoms with E-state index in [2.05, 4.69) is 17.2 Å². The van der Waals surface area contributed by atoms with E-state index in [-0.39, 0.29) is 5.91 Å². The number of nitrogens with one attached hydrogen (secondary N) is 1. The molecule has 17 heavy (non-hydrogen) atoms. The van der Waals surface area contributed by atoms with Crippen molar-refractivity contribution in [1.29, 1.82) is 0 Å². The number of thiazole rings is 1. The molecule has 0 bridgehead atoms. The summed E-state index contributed by atoms with van der Waals surface area (Å²) < 4.78 is 0. The second-order valence-electron chi connectivity index (χ2n) is 4.28. The Kier molecular flexibility index (Phi) is 5.58. The van der Waals surface area contributed by atoms with Crippen LogP contribution in [-0.2, 0) is 4.79 Å². The minimum atomic E-state index is -0.216. The first-order valence-corrected chi connectivity index (χ1v) is 6.78. The summed E-state index contributed by atoms with van der Waals surface area (Å²) in [5, 5.41) is 4.56. The van der Waals surface area contributed by atoms with Crippen molar-refractivity contribution >= 4 is 17.2 Å². The van der Waals surface area contributed by atoms with Gasteiger partial charge < -0.3 is 11.1 Å². The Morgan fingerprint density at radius 3 is 2.71 bits per heavy atom. The van der Waals surface area contributed by atoms with Gasteiger partial charge in [-0.3, -0.25) is 4.79 Å². The number of hydrogen-bond acceptors (Lipinski definition) is 4. The Hall–Kier alpha value is -0.940. The largest absolute Gasteiger partial charge is 0.370 e. The van der Waals surface area contributed by atoms with Crippen LogP contribution in [-0.4, -0.2) is 17.4 Å². The summed E-state index contributed by atoms with van der Waals surface area (Å²) in [5.74, 6) is -0.216. The topological polar surface area (TPSA) is 68.0 Å². The highest BCUT2D eigenvalue weighted by Gasteiger charge is 2.11. The lowest BCUT2D eigenvalue weighted by Gasteiger charge is -2.12. The van der Waals surface area contributed by atoms with Crippen LogP contribution in [0.5, 0.6) is 0 Å². The normalized spacial score (nSPS) is 12.6. The van der Waals surface area contributed by atoms with Gasteiger partial charge >= 0.3 is 0 Å². The molecule has 0 aromatic carbocycles. The van der Waals surface area contributed by atoms with Gasteiger partial charge in [0.25, 0.3) is 0 Å². The number of carbonyl (C=O) groups is 1. The zero-order valence-electron chi connectivity index (χ0n) is 10.7. The maximum Gasteiger partial charge on any atom is 0.217 e. The van der Waals surface area contributed by atoms with E-state index in [4.69, 9.17) is 5.73 Å². The second-order valence-corrected chi connectivity index (χ2v) is 5.52. The molecule has 0 aliphatic rings. The van der Waals surface area contributed by atoms with Crippen molar-refractivity contribution in [2.75, 3.05) is 6.54 Å². The first kappa shape index (κ1) is 14.1. The Balaban J connectivity index is 2.28. The van der Waals surface area contributed by atoms with Gasteiger partial charge in [0.2, 0.25) is 5.91 Å². The molecule has 4 nitrogen and oxygen atoms in total. The summed E-state index contributed by atoms with van der Waals surface area (Å²) >= 11 is 1.74. The van der Waals surface area contributed by atoms with Crippen molar-refractivity contribution in [3.8, 4) is 0 Å². The van der Waals surface area contributed by atoms with Crippen molar-refractivity contribution < 1.29 is 4.79 Å². The number of primary amides is 1. The molecule has 1 heterocycles. The van der Waals surface area contributed by atoms with E-state index >= 15 is 0 Å². The van der Waals surface area contributed by atoms with E-state index in [1.807, 2.05) is 13.8 Å². The van der Waals surface area contributed by atoms with Gasteiger partial charge in [-0.05, 0) is 40.2 Å². The average Bonchev–Trinajstić information content (AvgIpc) is 2.56.